The molecule has 1 nitrogen and oxygen atoms in total. The monoisotopic (exact) mass is 223 g/mol. The first-order chi connectivity index (χ1) is 6.81. The van der Waals surface area contributed by atoms with Crippen molar-refractivity contribution >= 4 is 22.7 Å². The summed E-state index contributed by atoms with van der Waals surface area (Å²) in [4.78, 5) is 4.63. The van der Waals surface area contributed by atoms with Crippen molar-refractivity contribution in [3.8, 4) is 10.6 Å². The van der Waals surface area contributed by atoms with E-state index in [1.807, 2.05) is 0 Å². The van der Waals surface area contributed by atoms with Crippen LogP contribution in [0.25, 0.3) is 10.6 Å². The molecule has 2 heterocycles. The normalized spacial score (nSPS) is 10.7. The Kier molecular flexibility index (Phi) is 2.99. The van der Waals surface area contributed by atoms with E-state index in [0.29, 0.717) is 0 Å². The molecule has 0 radical (unpaired) electrons. The highest BCUT2D eigenvalue weighted by Gasteiger charge is 2.07. The van der Waals surface area contributed by atoms with Crippen LogP contribution in [0.3, 0.4) is 0 Å². The molecule has 2 aromatic rings. The minimum atomic E-state index is 1.10. The van der Waals surface area contributed by atoms with Crippen molar-refractivity contribution in [2.24, 2.45) is 0 Å². The van der Waals surface area contributed by atoms with E-state index in [-0.39, 0.29) is 0 Å². The molecule has 0 aliphatic heterocycles. The number of thiophene rings is 1. The van der Waals surface area contributed by atoms with Gasteiger partial charge in [-0.1, -0.05) is 13.3 Å². The molecule has 0 atom stereocenters. The Hall–Kier alpha value is -0.670. The number of thiazole rings is 1. The van der Waals surface area contributed by atoms with Crippen LogP contribution in [0.1, 0.15) is 24.6 Å². The van der Waals surface area contributed by atoms with Crippen molar-refractivity contribution in [1.29, 1.82) is 0 Å². The van der Waals surface area contributed by atoms with E-state index in [4.69, 9.17) is 0 Å². The zero-order valence-electron chi connectivity index (χ0n) is 8.41. The highest BCUT2D eigenvalue weighted by molar-refractivity contribution is 7.14. The summed E-state index contributed by atoms with van der Waals surface area (Å²) in [7, 11) is 0. The van der Waals surface area contributed by atoms with Crippen LogP contribution in [0.15, 0.2) is 16.1 Å². The summed E-state index contributed by atoms with van der Waals surface area (Å²) in [6, 6.07) is 0. The lowest BCUT2D eigenvalue weighted by Gasteiger charge is -1.92. The smallest absolute Gasteiger partial charge is 0.124 e. The highest BCUT2D eigenvalue weighted by Crippen LogP contribution is 2.29. The topological polar surface area (TPSA) is 12.9 Å². The zero-order valence-corrected chi connectivity index (χ0v) is 10.0. The summed E-state index contributed by atoms with van der Waals surface area (Å²) < 4.78 is 0. The minimum Gasteiger partial charge on any atom is -0.241 e. The summed E-state index contributed by atoms with van der Waals surface area (Å²) in [5.74, 6) is 0. The third kappa shape index (κ3) is 1.88. The van der Waals surface area contributed by atoms with Gasteiger partial charge in [-0.15, -0.1) is 11.3 Å². The van der Waals surface area contributed by atoms with E-state index in [0.717, 1.165) is 6.42 Å². The van der Waals surface area contributed by atoms with Gasteiger partial charge in [0.1, 0.15) is 5.01 Å². The van der Waals surface area contributed by atoms with Crippen molar-refractivity contribution in [1.82, 2.24) is 4.98 Å². The summed E-state index contributed by atoms with van der Waals surface area (Å²) in [6.45, 7) is 4.33. The number of aromatic nitrogens is 1. The van der Waals surface area contributed by atoms with Gasteiger partial charge < -0.3 is 0 Å². The van der Waals surface area contributed by atoms with E-state index in [1.54, 1.807) is 22.7 Å². The van der Waals surface area contributed by atoms with Crippen LogP contribution in [0.2, 0.25) is 0 Å². The molecule has 2 aromatic heterocycles. The first-order valence-corrected chi connectivity index (χ1v) is 6.61. The fourth-order valence-electron chi connectivity index (χ4n) is 1.38. The van der Waals surface area contributed by atoms with E-state index in [2.05, 4.69) is 35.0 Å². The van der Waals surface area contributed by atoms with Crippen LogP contribution in [-0.2, 0) is 6.42 Å². The van der Waals surface area contributed by atoms with Gasteiger partial charge in [-0.05, 0) is 24.3 Å². The SMILES string of the molecule is CCCc1csc(-c2cscc2C)n1. The number of rotatable bonds is 3. The largest absolute Gasteiger partial charge is 0.241 e. The fraction of sp³-hybridized carbons (Fsp3) is 0.364. The van der Waals surface area contributed by atoms with Crippen molar-refractivity contribution in [3.05, 3.63) is 27.4 Å². The highest BCUT2D eigenvalue weighted by atomic mass is 32.1. The summed E-state index contributed by atoms with van der Waals surface area (Å²) in [6.07, 6.45) is 2.27. The van der Waals surface area contributed by atoms with Crippen molar-refractivity contribution in [3.63, 3.8) is 0 Å². The summed E-state index contributed by atoms with van der Waals surface area (Å²) >= 11 is 3.51. The lowest BCUT2D eigenvalue weighted by Crippen LogP contribution is -1.82. The van der Waals surface area contributed by atoms with Gasteiger partial charge in [0.2, 0.25) is 0 Å². The predicted octanol–water partition coefficient (Wildman–Crippen LogP) is 4.13. The summed E-state index contributed by atoms with van der Waals surface area (Å²) in [5.41, 5.74) is 3.88. The molecule has 3 heteroatoms. The first kappa shape index (κ1) is 9.87. The van der Waals surface area contributed by atoms with Gasteiger partial charge in [0.15, 0.2) is 0 Å². The zero-order chi connectivity index (χ0) is 9.97. The Balaban J connectivity index is 2.29. The molecule has 0 N–H and O–H groups in total. The number of hydrogen-bond donors (Lipinski definition) is 0. The van der Waals surface area contributed by atoms with E-state index in [9.17, 15) is 0 Å². The van der Waals surface area contributed by atoms with E-state index >= 15 is 0 Å². The maximum absolute atomic E-state index is 4.63. The van der Waals surface area contributed by atoms with Crippen molar-refractivity contribution < 1.29 is 0 Å². The third-order valence-corrected chi connectivity index (χ3v) is 3.93. The lowest BCUT2D eigenvalue weighted by molar-refractivity contribution is 0.893. The van der Waals surface area contributed by atoms with Gasteiger partial charge in [0.05, 0.1) is 5.69 Å². The molecule has 0 aliphatic carbocycles. The quantitative estimate of drug-likeness (QED) is 0.762. The maximum atomic E-state index is 4.63. The van der Waals surface area contributed by atoms with Gasteiger partial charge in [0.25, 0.3) is 0 Å². The average molecular weight is 223 g/mol. The van der Waals surface area contributed by atoms with Gasteiger partial charge in [-0.3, -0.25) is 0 Å². The van der Waals surface area contributed by atoms with Gasteiger partial charge >= 0.3 is 0 Å². The average Bonchev–Trinajstić information content (AvgIpc) is 2.74. The van der Waals surface area contributed by atoms with Crippen LogP contribution >= 0.6 is 22.7 Å². The second-order valence-corrected chi connectivity index (χ2v) is 4.96. The molecule has 0 aromatic carbocycles. The van der Waals surface area contributed by atoms with Crippen molar-refractivity contribution in [2.45, 2.75) is 26.7 Å². The molecule has 14 heavy (non-hydrogen) atoms. The first-order valence-electron chi connectivity index (χ1n) is 4.79. The Morgan fingerprint density at radius 3 is 2.79 bits per heavy atom. The Labute approximate surface area is 92.4 Å². The molecule has 0 saturated carbocycles. The standard InChI is InChI=1S/C11H13NS2/c1-3-4-9-6-14-11(12-9)10-7-13-5-8(10)2/h5-7H,3-4H2,1-2H3. The fourth-order valence-corrected chi connectivity index (χ4v) is 3.22. The predicted molar refractivity (Wildman–Crippen MR) is 64.2 cm³/mol. The maximum Gasteiger partial charge on any atom is 0.124 e. The van der Waals surface area contributed by atoms with E-state index in [1.165, 1.54) is 28.2 Å². The minimum absolute atomic E-state index is 1.10. The Morgan fingerprint density at radius 2 is 2.14 bits per heavy atom. The molecule has 0 spiro atoms. The van der Waals surface area contributed by atoms with Crippen LogP contribution in [0.4, 0.5) is 0 Å². The molecular weight excluding hydrogens is 210 g/mol. The molecule has 74 valence electrons. The second-order valence-electron chi connectivity index (χ2n) is 3.36. The lowest BCUT2D eigenvalue weighted by atomic mass is 10.2. The van der Waals surface area contributed by atoms with Crippen molar-refractivity contribution in [2.75, 3.05) is 0 Å². The molecule has 0 unspecified atom stereocenters. The Bertz CT molecular complexity index is 414. The van der Waals surface area contributed by atoms with Gasteiger partial charge in [-0.25, -0.2) is 4.98 Å². The second kappa shape index (κ2) is 4.24. The summed E-state index contributed by atoms with van der Waals surface area (Å²) in [5, 5.41) is 7.71. The number of nitrogens with zero attached hydrogens (tertiary/aromatic N) is 1. The van der Waals surface area contributed by atoms with E-state index < -0.39 is 0 Å². The van der Waals surface area contributed by atoms with Crippen LogP contribution < -0.4 is 0 Å². The molecule has 0 bridgehead atoms. The van der Waals surface area contributed by atoms with Crippen LogP contribution in [-0.4, -0.2) is 4.98 Å². The molecule has 2 rings (SSSR count). The van der Waals surface area contributed by atoms with Crippen LogP contribution in [0.5, 0.6) is 0 Å². The molecule has 0 aliphatic rings. The third-order valence-electron chi connectivity index (χ3n) is 2.14. The molecule has 0 fully saturated rings. The van der Waals surface area contributed by atoms with Gasteiger partial charge in [0, 0.05) is 16.3 Å². The van der Waals surface area contributed by atoms with Crippen LogP contribution in [0, 0.1) is 6.92 Å². The number of hydrogen-bond acceptors (Lipinski definition) is 3. The Morgan fingerprint density at radius 1 is 1.29 bits per heavy atom. The number of aryl methyl sites for hydroxylation is 2. The molecular formula is C11H13NS2. The van der Waals surface area contributed by atoms with Gasteiger partial charge in [-0.2, -0.15) is 11.3 Å². The molecule has 0 amide bonds. The molecule has 0 saturated heterocycles.